The molecule has 3 rings (SSSR count). The van der Waals surface area contributed by atoms with Crippen LogP contribution in [0.2, 0.25) is 0 Å². The van der Waals surface area contributed by atoms with E-state index in [1.165, 1.54) is 27.5 Å². The summed E-state index contributed by atoms with van der Waals surface area (Å²) in [7, 11) is 0. The molecule has 0 fully saturated rings. The van der Waals surface area contributed by atoms with Crippen molar-refractivity contribution in [1.82, 2.24) is 0 Å². The molecule has 0 aliphatic heterocycles. The summed E-state index contributed by atoms with van der Waals surface area (Å²) in [4.78, 5) is 0. The molecule has 0 bridgehead atoms. The van der Waals surface area contributed by atoms with Gasteiger partial charge >= 0.3 is 0 Å². The maximum atomic E-state index is 6.59. The normalized spacial score (nSPS) is 24.4. The van der Waals surface area contributed by atoms with Gasteiger partial charge in [0.05, 0.1) is 0 Å². The standard InChI is InChI=1S/C18H22N2/c1-11-7-14-8-12-5-6-15(19)9-13(12)10-16(14)17(2,3)18(11,4)20/h5-10H,19-20H2,1-4H3. The largest absolute Gasteiger partial charge is 0.399 e. The van der Waals surface area contributed by atoms with Gasteiger partial charge in [-0.2, -0.15) is 0 Å². The monoisotopic (exact) mass is 266 g/mol. The number of nitrogen functional groups attached to an aromatic ring is 1. The van der Waals surface area contributed by atoms with Crippen LogP contribution in [-0.4, -0.2) is 5.54 Å². The summed E-state index contributed by atoms with van der Waals surface area (Å²) in [6.07, 6.45) is 2.22. The number of hydrogen-bond donors (Lipinski definition) is 2. The van der Waals surface area contributed by atoms with Crippen LogP contribution in [0.25, 0.3) is 16.8 Å². The Morgan fingerprint density at radius 1 is 0.950 bits per heavy atom. The smallest absolute Gasteiger partial charge is 0.0433 e. The van der Waals surface area contributed by atoms with Crippen molar-refractivity contribution in [3.63, 3.8) is 0 Å². The molecule has 0 spiro atoms. The summed E-state index contributed by atoms with van der Waals surface area (Å²) in [5.41, 5.74) is 16.6. The van der Waals surface area contributed by atoms with Gasteiger partial charge in [0.1, 0.15) is 0 Å². The average molecular weight is 266 g/mol. The van der Waals surface area contributed by atoms with E-state index >= 15 is 0 Å². The molecule has 104 valence electrons. The molecule has 1 aliphatic rings. The molecule has 0 heterocycles. The Bertz CT molecular complexity index is 736. The minimum absolute atomic E-state index is 0.111. The van der Waals surface area contributed by atoms with Crippen LogP contribution >= 0.6 is 0 Å². The second kappa shape index (κ2) is 3.86. The van der Waals surface area contributed by atoms with Gasteiger partial charge in [-0.1, -0.05) is 31.6 Å². The van der Waals surface area contributed by atoms with Crippen LogP contribution in [0.3, 0.4) is 0 Å². The molecule has 0 saturated carbocycles. The highest BCUT2D eigenvalue weighted by molar-refractivity contribution is 5.89. The van der Waals surface area contributed by atoms with Gasteiger partial charge in [-0.05, 0) is 60.0 Å². The third kappa shape index (κ3) is 1.61. The molecule has 2 nitrogen and oxygen atoms in total. The maximum absolute atomic E-state index is 6.59. The SMILES string of the molecule is CC1=Cc2cc3ccc(N)cc3cc2C(C)(C)C1(C)N. The van der Waals surface area contributed by atoms with E-state index < -0.39 is 0 Å². The van der Waals surface area contributed by atoms with Crippen LogP contribution in [-0.2, 0) is 5.41 Å². The van der Waals surface area contributed by atoms with Gasteiger partial charge in [0.25, 0.3) is 0 Å². The summed E-state index contributed by atoms with van der Waals surface area (Å²) in [6.45, 7) is 8.68. The topological polar surface area (TPSA) is 52.0 Å². The molecular weight excluding hydrogens is 244 g/mol. The first-order valence-corrected chi connectivity index (χ1v) is 7.05. The molecule has 4 N–H and O–H groups in total. The maximum Gasteiger partial charge on any atom is 0.0433 e. The number of rotatable bonds is 0. The van der Waals surface area contributed by atoms with Crippen molar-refractivity contribution in [2.24, 2.45) is 5.73 Å². The first-order chi connectivity index (χ1) is 9.23. The van der Waals surface area contributed by atoms with Crippen LogP contribution in [0.15, 0.2) is 35.9 Å². The number of nitrogens with two attached hydrogens (primary N) is 2. The predicted octanol–water partition coefficient (Wildman–Crippen LogP) is 3.83. The predicted molar refractivity (Wildman–Crippen MR) is 87.6 cm³/mol. The van der Waals surface area contributed by atoms with Crippen molar-refractivity contribution >= 4 is 22.5 Å². The van der Waals surface area contributed by atoms with E-state index in [2.05, 4.69) is 52.0 Å². The van der Waals surface area contributed by atoms with Crippen molar-refractivity contribution in [3.8, 4) is 0 Å². The van der Waals surface area contributed by atoms with Crippen molar-refractivity contribution in [3.05, 3.63) is 47.0 Å². The number of hydrogen-bond acceptors (Lipinski definition) is 2. The molecular formula is C18H22N2. The summed E-state index contributed by atoms with van der Waals surface area (Å²) in [6, 6.07) is 10.5. The Morgan fingerprint density at radius 3 is 2.35 bits per heavy atom. The van der Waals surface area contributed by atoms with E-state index in [0.29, 0.717) is 0 Å². The highest BCUT2D eigenvalue weighted by Gasteiger charge is 2.43. The summed E-state index contributed by atoms with van der Waals surface area (Å²) < 4.78 is 0. The average Bonchev–Trinajstić information content (AvgIpc) is 2.36. The molecule has 1 aliphatic carbocycles. The lowest BCUT2D eigenvalue weighted by Gasteiger charge is -2.46. The summed E-state index contributed by atoms with van der Waals surface area (Å²) in [5, 5.41) is 2.40. The lowest BCUT2D eigenvalue weighted by Crippen LogP contribution is -2.55. The highest BCUT2D eigenvalue weighted by atomic mass is 14.8. The highest BCUT2D eigenvalue weighted by Crippen LogP contribution is 2.45. The molecule has 1 unspecified atom stereocenters. The third-order valence-corrected chi connectivity index (χ3v) is 5.20. The van der Waals surface area contributed by atoms with Gasteiger partial charge in [-0.3, -0.25) is 0 Å². The van der Waals surface area contributed by atoms with Gasteiger partial charge in [0.15, 0.2) is 0 Å². The van der Waals surface area contributed by atoms with E-state index in [4.69, 9.17) is 11.5 Å². The molecule has 20 heavy (non-hydrogen) atoms. The zero-order valence-electron chi connectivity index (χ0n) is 12.6. The first-order valence-electron chi connectivity index (χ1n) is 7.05. The van der Waals surface area contributed by atoms with Gasteiger partial charge in [0.2, 0.25) is 0 Å². The number of fused-ring (bicyclic) bond motifs is 2. The Balaban J connectivity index is 2.37. The van der Waals surface area contributed by atoms with Gasteiger partial charge < -0.3 is 11.5 Å². The molecule has 0 aromatic heterocycles. The minimum atomic E-state index is -0.339. The number of benzene rings is 2. The Hall–Kier alpha value is -1.80. The van der Waals surface area contributed by atoms with Gasteiger partial charge in [-0.15, -0.1) is 0 Å². The van der Waals surface area contributed by atoms with Gasteiger partial charge in [-0.25, -0.2) is 0 Å². The van der Waals surface area contributed by atoms with Crippen LogP contribution in [0.1, 0.15) is 38.8 Å². The van der Waals surface area contributed by atoms with Crippen molar-refractivity contribution in [1.29, 1.82) is 0 Å². The van der Waals surface area contributed by atoms with Crippen molar-refractivity contribution in [2.75, 3.05) is 5.73 Å². The van der Waals surface area contributed by atoms with Crippen molar-refractivity contribution in [2.45, 2.75) is 38.6 Å². The second-order valence-electron chi connectivity index (χ2n) is 6.70. The number of anilines is 1. The second-order valence-corrected chi connectivity index (χ2v) is 6.70. The Kier molecular flexibility index (Phi) is 2.55. The summed E-state index contributed by atoms with van der Waals surface area (Å²) >= 11 is 0. The molecule has 0 amide bonds. The van der Waals surface area contributed by atoms with E-state index in [1.807, 2.05) is 12.1 Å². The van der Waals surface area contributed by atoms with E-state index in [9.17, 15) is 0 Å². The fourth-order valence-electron chi connectivity index (χ4n) is 3.15. The molecule has 2 aromatic carbocycles. The lowest BCUT2D eigenvalue weighted by atomic mass is 9.61. The first kappa shape index (κ1) is 13.2. The molecule has 0 saturated heterocycles. The lowest BCUT2D eigenvalue weighted by molar-refractivity contribution is 0.323. The Morgan fingerprint density at radius 2 is 1.65 bits per heavy atom. The van der Waals surface area contributed by atoms with Crippen LogP contribution in [0.4, 0.5) is 5.69 Å². The van der Waals surface area contributed by atoms with Gasteiger partial charge in [0, 0.05) is 16.6 Å². The molecule has 2 heteroatoms. The fraction of sp³-hybridized carbons (Fsp3) is 0.333. The quantitative estimate of drug-likeness (QED) is 0.712. The van der Waals surface area contributed by atoms with E-state index in [-0.39, 0.29) is 11.0 Å². The molecule has 0 radical (unpaired) electrons. The molecule has 2 aromatic rings. The van der Waals surface area contributed by atoms with E-state index in [1.54, 1.807) is 0 Å². The fourth-order valence-corrected chi connectivity index (χ4v) is 3.15. The van der Waals surface area contributed by atoms with Crippen LogP contribution < -0.4 is 11.5 Å². The van der Waals surface area contributed by atoms with Crippen LogP contribution in [0, 0.1) is 0 Å². The summed E-state index contributed by atoms with van der Waals surface area (Å²) in [5.74, 6) is 0. The zero-order chi connectivity index (χ0) is 14.7. The van der Waals surface area contributed by atoms with Crippen LogP contribution in [0.5, 0.6) is 0 Å². The minimum Gasteiger partial charge on any atom is -0.399 e. The molecule has 1 atom stereocenters. The Labute approximate surface area is 120 Å². The third-order valence-electron chi connectivity index (χ3n) is 5.20. The zero-order valence-corrected chi connectivity index (χ0v) is 12.6. The van der Waals surface area contributed by atoms with E-state index in [0.717, 1.165) is 5.69 Å². The van der Waals surface area contributed by atoms with Crippen molar-refractivity contribution < 1.29 is 0 Å².